The van der Waals surface area contributed by atoms with Gasteiger partial charge in [0.1, 0.15) is 11.5 Å². The van der Waals surface area contributed by atoms with Crippen LogP contribution in [0.3, 0.4) is 0 Å². The van der Waals surface area contributed by atoms with Crippen LogP contribution in [0.25, 0.3) is 22.0 Å². The van der Waals surface area contributed by atoms with Gasteiger partial charge < -0.3 is 19.3 Å². The van der Waals surface area contributed by atoms with E-state index in [2.05, 4.69) is 4.98 Å². The zero-order valence-corrected chi connectivity index (χ0v) is 20.3. The molecular weight excluding hydrogens is 468 g/mol. The monoisotopic (exact) mass is 492 g/mol. The Labute approximate surface area is 214 Å². The number of carboxylic acid groups (broad SMARTS) is 1. The maximum Gasteiger partial charge on any atom is 0.416 e. The number of pyridine rings is 1. The van der Waals surface area contributed by atoms with Crippen LogP contribution >= 0.6 is 0 Å². The van der Waals surface area contributed by atoms with Crippen LogP contribution in [-0.2, 0) is 0 Å². The third kappa shape index (κ3) is 4.88. The number of aromatic nitrogens is 1. The number of hydrogen-bond donors (Lipinski definition) is 1. The van der Waals surface area contributed by atoms with Gasteiger partial charge in [-0.3, -0.25) is 4.98 Å². The molecule has 7 nitrogen and oxygen atoms in total. The number of amides is 1. The van der Waals surface area contributed by atoms with E-state index in [1.807, 2.05) is 48.5 Å². The summed E-state index contributed by atoms with van der Waals surface area (Å²) in [7, 11) is 3.15. The second-order valence-electron chi connectivity index (χ2n) is 8.16. The number of hydrogen-bond acceptors (Lipinski definition) is 5. The lowest BCUT2D eigenvalue weighted by Crippen LogP contribution is -2.23. The van der Waals surface area contributed by atoms with Crippen molar-refractivity contribution in [2.75, 3.05) is 19.1 Å². The quantitative estimate of drug-likeness (QED) is 0.253. The highest BCUT2D eigenvalue weighted by atomic mass is 16.5. The molecule has 0 aliphatic carbocycles. The lowest BCUT2D eigenvalue weighted by atomic mass is 10.1. The van der Waals surface area contributed by atoms with Crippen LogP contribution in [-0.4, -0.2) is 30.4 Å². The highest BCUT2D eigenvalue weighted by Gasteiger charge is 2.18. The maximum absolute atomic E-state index is 12.2. The summed E-state index contributed by atoms with van der Waals surface area (Å²) >= 11 is 0. The number of nitrogens with zero attached hydrogens (tertiary/aromatic N) is 2. The van der Waals surface area contributed by atoms with Gasteiger partial charge in [0, 0.05) is 17.6 Å². The van der Waals surface area contributed by atoms with Gasteiger partial charge in [-0.15, -0.1) is 0 Å². The standard InChI is InChI=1S/C30H24N2O5/c1-35-28-18-25-26(19-29(28)36-2)31-17-16-27(25)37-24-14-12-23(13-15-24)32(30(33)34)22-10-8-21(9-11-22)20-6-4-3-5-7-20/h3-19H,1-2H3,(H,33,34). The van der Waals surface area contributed by atoms with Gasteiger partial charge in [0.2, 0.25) is 0 Å². The predicted molar refractivity (Wildman–Crippen MR) is 143 cm³/mol. The first kappa shape index (κ1) is 23.7. The molecule has 5 rings (SSSR count). The van der Waals surface area contributed by atoms with E-state index in [4.69, 9.17) is 14.2 Å². The van der Waals surface area contributed by atoms with E-state index >= 15 is 0 Å². The van der Waals surface area contributed by atoms with E-state index in [1.54, 1.807) is 68.9 Å². The van der Waals surface area contributed by atoms with E-state index in [-0.39, 0.29) is 0 Å². The fraction of sp³-hybridized carbons (Fsp3) is 0.0667. The first-order valence-corrected chi connectivity index (χ1v) is 11.5. The Hall–Kier alpha value is -5.04. The largest absolute Gasteiger partial charge is 0.493 e. The van der Waals surface area contributed by atoms with E-state index in [0.717, 1.165) is 16.5 Å². The van der Waals surface area contributed by atoms with Gasteiger partial charge >= 0.3 is 6.09 Å². The van der Waals surface area contributed by atoms with Gasteiger partial charge in [-0.2, -0.15) is 0 Å². The van der Waals surface area contributed by atoms with Crippen molar-refractivity contribution in [1.29, 1.82) is 0 Å². The molecule has 0 bridgehead atoms. The van der Waals surface area contributed by atoms with Crippen LogP contribution in [0.4, 0.5) is 16.2 Å². The second kappa shape index (κ2) is 10.3. The molecule has 37 heavy (non-hydrogen) atoms. The highest BCUT2D eigenvalue weighted by molar-refractivity contribution is 5.95. The molecule has 1 amide bonds. The smallest absolute Gasteiger partial charge is 0.416 e. The Morgan fingerprint density at radius 2 is 1.32 bits per heavy atom. The zero-order chi connectivity index (χ0) is 25.8. The summed E-state index contributed by atoms with van der Waals surface area (Å²) in [4.78, 5) is 17.8. The van der Waals surface area contributed by atoms with Gasteiger partial charge in [0.25, 0.3) is 0 Å². The molecule has 1 N–H and O–H groups in total. The third-order valence-electron chi connectivity index (χ3n) is 5.95. The van der Waals surface area contributed by atoms with Gasteiger partial charge in [-0.05, 0) is 59.7 Å². The lowest BCUT2D eigenvalue weighted by Gasteiger charge is -2.20. The minimum Gasteiger partial charge on any atom is -0.493 e. The Morgan fingerprint density at radius 1 is 0.730 bits per heavy atom. The van der Waals surface area contributed by atoms with Gasteiger partial charge in [0.05, 0.1) is 31.1 Å². The molecule has 4 aromatic carbocycles. The van der Waals surface area contributed by atoms with Crippen molar-refractivity contribution in [1.82, 2.24) is 4.98 Å². The number of fused-ring (bicyclic) bond motifs is 1. The lowest BCUT2D eigenvalue weighted by molar-refractivity contribution is 0.205. The Balaban J connectivity index is 1.40. The molecule has 1 aromatic heterocycles. The first-order valence-electron chi connectivity index (χ1n) is 11.5. The normalized spacial score (nSPS) is 10.6. The van der Waals surface area contributed by atoms with Gasteiger partial charge in [0.15, 0.2) is 11.5 Å². The molecule has 0 fully saturated rings. The minimum absolute atomic E-state index is 0.498. The van der Waals surface area contributed by atoms with Crippen LogP contribution in [0.2, 0.25) is 0 Å². The Morgan fingerprint density at radius 3 is 1.95 bits per heavy atom. The SMILES string of the molecule is COc1cc2nccc(Oc3ccc(N(C(=O)O)c4ccc(-c5ccccc5)cc4)cc3)c2cc1OC. The molecule has 1 heterocycles. The summed E-state index contributed by atoms with van der Waals surface area (Å²) in [5.41, 5.74) is 3.82. The summed E-state index contributed by atoms with van der Waals surface area (Å²) in [6.45, 7) is 0. The number of carbonyl (C=O) groups is 1. The van der Waals surface area contributed by atoms with E-state index in [0.29, 0.717) is 39.9 Å². The predicted octanol–water partition coefficient (Wildman–Crippen LogP) is 7.53. The van der Waals surface area contributed by atoms with Crippen molar-refractivity contribution in [2.45, 2.75) is 0 Å². The second-order valence-corrected chi connectivity index (χ2v) is 8.16. The molecule has 0 radical (unpaired) electrons. The van der Waals surface area contributed by atoms with Gasteiger partial charge in [-0.1, -0.05) is 42.5 Å². The summed E-state index contributed by atoms with van der Waals surface area (Å²) in [6.07, 6.45) is 0.575. The molecule has 0 atom stereocenters. The summed E-state index contributed by atoms with van der Waals surface area (Å²) in [5.74, 6) is 2.29. The van der Waals surface area contributed by atoms with Crippen LogP contribution in [0.15, 0.2) is 103 Å². The minimum atomic E-state index is -1.08. The van der Waals surface area contributed by atoms with Crippen molar-refractivity contribution in [3.05, 3.63) is 103 Å². The number of ether oxygens (including phenoxy) is 3. The fourth-order valence-corrected chi connectivity index (χ4v) is 4.13. The van der Waals surface area contributed by atoms with Gasteiger partial charge in [-0.25, -0.2) is 9.69 Å². The zero-order valence-electron chi connectivity index (χ0n) is 20.3. The van der Waals surface area contributed by atoms with Crippen molar-refractivity contribution >= 4 is 28.4 Å². The number of benzene rings is 4. The maximum atomic E-state index is 12.2. The molecule has 0 spiro atoms. The van der Waals surface area contributed by atoms with E-state index in [9.17, 15) is 9.90 Å². The molecule has 0 aliphatic heterocycles. The van der Waals surface area contributed by atoms with Crippen LogP contribution < -0.4 is 19.1 Å². The topological polar surface area (TPSA) is 81.1 Å². The van der Waals surface area contributed by atoms with E-state index < -0.39 is 6.09 Å². The Bertz CT molecular complexity index is 1540. The summed E-state index contributed by atoms with van der Waals surface area (Å²) in [6, 6.07) is 29.6. The molecular formula is C30H24N2O5. The van der Waals surface area contributed by atoms with Crippen LogP contribution in [0, 0.1) is 0 Å². The third-order valence-corrected chi connectivity index (χ3v) is 5.95. The number of anilines is 2. The average molecular weight is 493 g/mol. The summed E-state index contributed by atoms with van der Waals surface area (Å²) in [5, 5.41) is 10.7. The molecule has 5 aromatic rings. The highest BCUT2D eigenvalue weighted by Crippen LogP contribution is 2.37. The van der Waals surface area contributed by atoms with E-state index in [1.165, 1.54) is 4.90 Å². The van der Waals surface area contributed by atoms with Crippen molar-refractivity contribution in [2.24, 2.45) is 0 Å². The molecule has 0 aliphatic rings. The molecule has 0 unspecified atom stereocenters. The molecule has 7 heteroatoms. The van der Waals surface area contributed by atoms with Crippen molar-refractivity contribution in [3.8, 4) is 34.1 Å². The fourth-order valence-electron chi connectivity index (χ4n) is 4.13. The van der Waals surface area contributed by atoms with Crippen LogP contribution in [0.1, 0.15) is 0 Å². The first-order chi connectivity index (χ1) is 18.1. The molecule has 184 valence electrons. The molecule has 0 saturated heterocycles. The molecule has 0 saturated carbocycles. The van der Waals surface area contributed by atoms with Crippen LogP contribution in [0.5, 0.6) is 23.0 Å². The number of methoxy groups -OCH3 is 2. The summed E-state index contributed by atoms with van der Waals surface area (Å²) < 4.78 is 16.9. The van der Waals surface area contributed by atoms with Crippen molar-refractivity contribution < 1.29 is 24.1 Å². The number of rotatable bonds is 7. The van der Waals surface area contributed by atoms with Crippen molar-refractivity contribution in [3.63, 3.8) is 0 Å². The Kier molecular flexibility index (Phi) is 6.59. The average Bonchev–Trinajstić information content (AvgIpc) is 2.94.